The average molecular weight is 264 g/mol. The molecular formula is C12H12N2O3S. The molecule has 1 aromatic heterocycles. The van der Waals surface area contributed by atoms with E-state index in [9.17, 15) is 4.79 Å². The van der Waals surface area contributed by atoms with Gasteiger partial charge in [-0.15, -0.1) is 11.8 Å². The van der Waals surface area contributed by atoms with Crippen molar-refractivity contribution in [3.8, 4) is 0 Å². The van der Waals surface area contributed by atoms with Gasteiger partial charge in [0.1, 0.15) is 5.76 Å². The fourth-order valence-electron chi connectivity index (χ4n) is 1.42. The molecule has 0 fully saturated rings. The van der Waals surface area contributed by atoms with E-state index in [1.807, 2.05) is 25.1 Å². The topological polar surface area (TPSA) is 89.4 Å². The van der Waals surface area contributed by atoms with Crippen LogP contribution in [0.2, 0.25) is 0 Å². The lowest BCUT2D eigenvalue weighted by molar-refractivity contribution is 0.0685. The monoisotopic (exact) mass is 264 g/mol. The second-order valence-electron chi connectivity index (χ2n) is 3.74. The van der Waals surface area contributed by atoms with Gasteiger partial charge in [0.05, 0.1) is 5.75 Å². The van der Waals surface area contributed by atoms with Crippen molar-refractivity contribution >= 4 is 23.4 Å². The number of nitrogens with zero attached hydrogens (tertiary/aromatic N) is 1. The molecule has 0 aliphatic heterocycles. The minimum absolute atomic E-state index is 0.0742. The minimum atomic E-state index is -1.09. The Labute approximate surface area is 108 Å². The fourth-order valence-corrected chi connectivity index (χ4v) is 2.36. The van der Waals surface area contributed by atoms with Crippen LogP contribution in [0.4, 0.5) is 5.69 Å². The maximum Gasteiger partial charge on any atom is 0.358 e. The van der Waals surface area contributed by atoms with Crippen molar-refractivity contribution in [2.45, 2.75) is 17.6 Å². The molecule has 0 unspecified atom stereocenters. The lowest BCUT2D eigenvalue weighted by Gasteiger charge is -2.06. The number of hydrogen-bond donors (Lipinski definition) is 2. The summed E-state index contributed by atoms with van der Waals surface area (Å²) in [4.78, 5) is 11.7. The number of nitrogens with two attached hydrogens (primary N) is 1. The van der Waals surface area contributed by atoms with Gasteiger partial charge in [0.15, 0.2) is 5.69 Å². The highest BCUT2D eigenvalue weighted by molar-refractivity contribution is 7.98. The van der Waals surface area contributed by atoms with Gasteiger partial charge in [-0.25, -0.2) is 4.79 Å². The van der Waals surface area contributed by atoms with E-state index in [1.165, 1.54) is 17.8 Å². The van der Waals surface area contributed by atoms with Crippen molar-refractivity contribution in [1.29, 1.82) is 0 Å². The van der Waals surface area contributed by atoms with Gasteiger partial charge < -0.3 is 15.4 Å². The molecule has 0 aliphatic rings. The molecule has 0 aliphatic carbocycles. The molecular weight excluding hydrogens is 252 g/mol. The summed E-state index contributed by atoms with van der Waals surface area (Å²) < 4.78 is 4.93. The van der Waals surface area contributed by atoms with Crippen molar-refractivity contribution in [1.82, 2.24) is 5.16 Å². The fraction of sp³-hybridized carbons (Fsp3) is 0.167. The molecule has 0 spiro atoms. The van der Waals surface area contributed by atoms with E-state index in [0.717, 1.165) is 16.1 Å². The number of aromatic carboxylic acids is 1. The van der Waals surface area contributed by atoms with Crippen LogP contribution in [0.25, 0.3) is 0 Å². The number of thioether (sulfide) groups is 1. The molecule has 1 aromatic carbocycles. The van der Waals surface area contributed by atoms with Crippen molar-refractivity contribution in [3.05, 3.63) is 41.3 Å². The first-order chi connectivity index (χ1) is 8.58. The molecule has 1 heterocycles. The third-order valence-corrected chi connectivity index (χ3v) is 3.66. The SMILES string of the molecule is Cc1c(N)cccc1SCc1cc(C(=O)O)no1. The van der Waals surface area contributed by atoms with Crippen LogP contribution in [0, 0.1) is 6.92 Å². The van der Waals surface area contributed by atoms with Crippen LogP contribution in [0.1, 0.15) is 21.8 Å². The lowest BCUT2D eigenvalue weighted by Crippen LogP contribution is -1.94. The molecule has 0 atom stereocenters. The van der Waals surface area contributed by atoms with Gasteiger partial charge >= 0.3 is 5.97 Å². The van der Waals surface area contributed by atoms with Crippen LogP contribution in [0.5, 0.6) is 0 Å². The summed E-state index contributed by atoms with van der Waals surface area (Å²) in [6.07, 6.45) is 0. The zero-order chi connectivity index (χ0) is 13.1. The maximum absolute atomic E-state index is 10.6. The quantitative estimate of drug-likeness (QED) is 0.651. The first-order valence-electron chi connectivity index (χ1n) is 5.24. The Hall–Kier alpha value is -1.95. The van der Waals surface area contributed by atoms with E-state index in [1.54, 1.807) is 0 Å². The van der Waals surface area contributed by atoms with Crippen molar-refractivity contribution < 1.29 is 14.4 Å². The van der Waals surface area contributed by atoms with Gasteiger partial charge in [0.2, 0.25) is 0 Å². The van der Waals surface area contributed by atoms with E-state index in [0.29, 0.717) is 11.5 Å². The lowest BCUT2D eigenvalue weighted by atomic mass is 10.2. The van der Waals surface area contributed by atoms with Crippen LogP contribution in [0.3, 0.4) is 0 Å². The van der Waals surface area contributed by atoms with E-state index < -0.39 is 5.97 Å². The Bertz CT molecular complexity index is 580. The molecule has 0 radical (unpaired) electrons. The number of carboxylic acid groups (broad SMARTS) is 1. The van der Waals surface area contributed by atoms with E-state index in [-0.39, 0.29) is 5.69 Å². The molecule has 0 bridgehead atoms. The number of benzene rings is 1. The predicted molar refractivity (Wildman–Crippen MR) is 68.6 cm³/mol. The molecule has 18 heavy (non-hydrogen) atoms. The van der Waals surface area contributed by atoms with Gasteiger partial charge in [-0.2, -0.15) is 0 Å². The number of carboxylic acids is 1. The van der Waals surface area contributed by atoms with Crippen molar-refractivity contribution in [3.63, 3.8) is 0 Å². The van der Waals surface area contributed by atoms with Crippen LogP contribution < -0.4 is 5.73 Å². The number of aromatic nitrogens is 1. The highest BCUT2D eigenvalue weighted by Crippen LogP contribution is 2.28. The van der Waals surface area contributed by atoms with Gasteiger partial charge in [-0.05, 0) is 24.6 Å². The summed E-state index contributed by atoms with van der Waals surface area (Å²) >= 11 is 1.53. The number of carbonyl (C=O) groups is 1. The normalized spacial score (nSPS) is 10.5. The van der Waals surface area contributed by atoms with Gasteiger partial charge in [-0.3, -0.25) is 0 Å². The number of rotatable bonds is 4. The first kappa shape index (κ1) is 12.5. The van der Waals surface area contributed by atoms with Crippen LogP contribution in [-0.4, -0.2) is 16.2 Å². The largest absolute Gasteiger partial charge is 0.476 e. The van der Waals surface area contributed by atoms with Crippen molar-refractivity contribution in [2.24, 2.45) is 0 Å². The molecule has 0 saturated heterocycles. The standard InChI is InChI=1S/C12H12N2O3S/c1-7-9(13)3-2-4-11(7)18-6-8-5-10(12(15)16)14-17-8/h2-5H,6,13H2,1H3,(H,15,16). The Balaban J connectivity index is 2.07. The Morgan fingerprint density at radius 1 is 1.56 bits per heavy atom. The second kappa shape index (κ2) is 5.14. The molecule has 0 saturated carbocycles. The number of nitrogen functional groups attached to an aromatic ring is 1. The van der Waals surface area contributed by atoms with E-state index in [2.05, 4.69) is 5.16 Å². The molecule has 3 N–H and O–H groups in total. The predicted octanol–water partition coefficient (Wildman–Crippen LogP) is 2.56. The van der Waals surface area contributed by atoms with Crippen molar-refractivity contribution in [2.75, 3.05) is 5.73 Å². The van der Waals surface area contributed by atoms with Crippen LogP contribution in [-0.2, 0) is 5.75 Å². The van der Waals surface area contributed by atoms with Gasteiger partial charge in [0, 0.05) is 16.6 Å². The first-order valence-corrected chi connectivity index (χ1v) is 6.23. The summed E-state index contributed by atoms with van der Waals surface area (Å²) in [5.74, 6) is -0.0424. The summed E-state index contributed by atoms with van der Waals surface area (Å²) in [5.41, 5.74) is 7.49. The highest BCUT2D eigenvalue weighted by Gasteiger charge is 2.11. The second-order valence-corrected chi connectivity index (χ2v) is 4.76. The zero-order valence-electron chi connectivity index (χ0n) is 9.71. The zero-order valence-corrected chi connectivity index (χ0v) is 10.5. The molecule has 0 amide bonds. The van der Waals surface area contributed by atoms with Gasteiger partial charge in [-0.1, -0.05) is 11.2 Å². The molecule has 94 valence electrons. The van der Waals surface area contributed by atoms with E-state index in [4.69, 9.17) is 15.4 Å². The van der Waals surface area contributed by atoms with E-state index >= 15 is 0 Å². The summed E-state index contributed by atoms with van der Waals surface area (Å²) in [5, 5.41) is 12.2. The molecule has 2 aromatic rings. The Morgan fingerprint density at radius 3 is 3.00 bits per heavy atom. The summed E-state index contributed by atoms with van der Waals surface area (Å²) in [6.45, 7) is 1.95. The average Bonchev–Trinajstić information content (AvgIpc) is 2.80. The Morgan fingerprint density at radius 2 is 2.33 bits per heavy atom. The third-order valence-electron chi connectivity index (χ3n) is 2.47. The number of anilines is 1. The molecule has 5 nitrogen and oxygen atoms in total. The summed E-state index contributed by atoms with van der Waals surface area (Å²) in [7, 11) is 0. The van der Waals surface area contributed by atoms with Gasteiger partial charge in [0.25, 0.3) is 0 Å². The highest BCUT2D eigenvalue weighted by atomic mass is 32.2. The minimum Gasteiger partial charge on any atom is -0.476 e. The third kappa shape index (κ3) is 2.65. The maximum atomic E-state index is 10.6. The van der Waals surface area contributed by atoms with Crippen LogP contribution in [0.15, 0.2) is 33.7 Å². The Kier molecular flexibility index (Phi) is 3.57. The smallest absolute Gasteiger partial charge is 0.358 e. The summed E-state index contributed by atoms with van der Waals surface area (Å²) in [6, 6.07) is 7.12. The molecule has 2 rings (SSSR count). The number of hydrogen-bond acceptors (Lipinski definition) is 5. The van der Waals surface area contributed by atoms with Crippen LogP contribution >= 0.6 is 11.8 Å². The molecule has 6 heteroatoms.